The van der Waals surface area contributed by atoms with Crippen LogP contribution >= 0.6 is 0 Å². The van der Waals surface area contributed by atoms with Gasteiger partial charge < -0.3 is 10.2 Å². The smallest absolute Gasteiger partial charge is 0.225 e. The van der Waals surface area contributed by atoms with Crippen LogP contribution in [0.25, 0.3) is 0 Å². The van der Waals surface area contributed by atoms with Crippen molar-refractivity contribution in [3.05, 3.63) is 54.6 Å². The highest BCUT2D eigenvalue weighted by molar-refractivity contribution is 5.50. The Hall–Kier alpha value is -3.16. The lowest BCUT2D eigenvalue weighted by atomic mass is 10.1. The molecular formula is C17H18N8. The molecule has 4 rings (SSSR count). The summed E-state index contributed by atoms with van der Waals surface area (Å²) in [5.41, 5.74) is 0.922. The zero-order valence-electron chi connectivity index (χ0n) is 13.9. The average Bonchev–Trinajstić information content (AvgIpc) is 3.13. The molecule has 0 radical (unpaired) electrons. The van der Waals surface area contributed by atoms with Gasteiger partial charge in [-0.1, -0.05) is 0 Å². The minimum atomic E-state index is 0.256. The monoisotopic (exact) mass is 334 g/mol. The molecule has 1 aliphatic heterocycles. The molecule has 3 aromatic rings. The lowest BCUT2D eigenvalue weighted by Crippen LogP contribution is -2.22. The van der Waals surface area contributed by atoms with Crippen LogP contribution in [0.2, 0.25) is 0 Å². The van der Waals surface area contributed by atoms with Crippen molar-refractivity contribution < 1.29 is 0 Å². The predicted octanol–water partition coefficient (Wildman–Crippen LogP) is 2.10. The topological polar surface area (TPSA) is 92.6 Å². The van der Waals surface area contributed by atoms with Crippen LogP contribution < -0.4 is 10.2 Å². The number of anilines is 3. The third-order valence-electron chi connectivity index (χ3n) is 4.08. The van der Waals surface area contributed by atoms with Crippen LogP contribution in [-0.2, 0) is 0 Å². The van der Waals surface area contributed by atoms with E-state index in [-0.39, 0.29) is 5.92 Å². The van der Waals surface area contributed by atoms with Crippen molar-refractivity contribution >= 4 is 17.6 Å². The standard InChI is InChI=1S/C17H18N8/c1-12-9-14(23-15-10-18-6-7-19-15)24-16(22-12)13-3-8-25(11-13)17-20-4-2-5-21-17/h2,4-7,9-10,13H,3,8,11H2,1H3,(H,19,22,23,24). The van der Waals surface area contributed by atoms with Crippen LogP contribution in [-0.4, -0.2) is 43.0 Å². The van der Waals surface area contributed by atoms with Crippen molar-refractivity contribution in [1.82, 2.24) is 29.9 Å². The number of nitrogens with zero attached hydrogens (tertiary/aromatic N) is 7. The molecule has 1 fully saturated rings. The van der Waals surface area contributed by atoms with Gasteiger partial charge in [0.2, 0.25) is 5.95 Å². The Kier molecular flexibility index (Phi) is 4.16. The zero-order valence-corrected chi connectivity index (χ0v) is 13.9. The molecule has 0 spiro atoms. The predicted molar refractivity (Wildman–Crippen MR) is 93.7 cm³/mol. The number of hydrogen-bond donors (Lipinski definition) is 1. The molecule has 1 atom stereocenters. The minimum Gasteiger partial charge on any atom is -0.340 e. The van der Waals surface area contributed by atoms with Gasteiger partial charge in [-0.3, -0.25) is 4.98 Å². The van der Waals surface area contributed by atoms with E-state index in [0.29, 0.717) is 5.82 Å². The number of nitrogens with one attached hydrogen (secondary N) is 1. The molecule has 1 N–H and O–H groups in total. The highest BCUT2D eigenvalue weighted by Crippen LogP contribution is 2.28. The maximum Gasteiger partial charge on any atom is 0.225 e. The van der Waals surface area contributed by atoms with Gasteiger partial charge in [0.25, 0.3) is 0 Å². The largest absolute Gasteiger partial charge is 0.340 e. The van der Waals surface area contributed by atoms with Gasteiger partial charge in [0.1, 0.15) is 17.5 Å². The number of aromatic nitrogens is 6. The van der Waals surface area contributed by atoms with E-state index in [9.17, 15) is 0 Å². The molecule has 0 saturated carbocycles. The molecule has 4 heterocycles. The summed E-state index contributed by atoms with van der Waals surface area (Å²) in [4.78, 5) is 28.4. The van der Waals surface area contributed by atoms with Crippen LogP contribution in [0, 0.1) is 6.92 Å². The first-order valence-corrected chi connectivity index (χ1v) is 8.18. The van der Waals surface area contributed by atoms with Crippen molar-refractivity contribution in [2.45, 2.75) is 19.3 Å². The Morgan fingerprint density at radius 1 is 1.04 bits per heavy atom. The maximum absolute atomic E-state index is 4.68. The third-order valence-corrected chi connectivity index (χ3v) is 4.08. The van der Waals surface area contributed by atoms with Crippen LogP contribution in [0.3, 0.4) is 0 Å². The van der Waals surface area contributed by atoms with Gasteiger partial charge in [0, 0.05) is 55.6 Å². The van der Waals surface area contributed by atoms with Gasteiger partial charge in [-0.05, 0) is 19.4 Å². The van der Waals surface area contributed by atoms with E-state index in [1.807, 2.05) is 19.1 Å². The fraction of sp³-hybridized carbons (Fsp3) is 0.294. The molecule has 0 aromatic carbocycles. The summed E-state index contributed by atoms with van der Waals surface area (Å²) in [5.74, 6) is 3.25. The molecule has 0 bridgehead atoms. The van der Waals surface area contributed by atoms with E-state index >= 15 is 0 Å². The average molecular weight is 334 g/mol. The zero-order chi connectivity index (χ0) is 17.1. The normalized spacial score (nSPS) is 16.8. The molecule has 1 saturated heterocycles. The maximum atomic E-state index is 4.68. The second-order valence-corrected chi connectivity index (χ2v) is 5.95. The molecule has 0 amide bonds. The van der Waals surface area contributed by atoms with E-state index in [0.717, 1.165) is 42.8 Å². The Bertz CT molecular complexity index is 840. The highest BCUT2D eigenvalue weighted by Gasteiger charge is 2.28. The van der Waals surface area contributed by atoms with Gasteiger partial charge in [0.05, 0.1) is 6.20 Å². The number of hydrogen-bond acceptors (Lipinski definition) is 8. The Balaban J connectivity index is 1.53. The quantitative estimate of drug-likeness (QED) is 0.775. The summed E-state index contributed by atoms with van der Waals surface area (Å²) in [6.07, 6.45) is 9.46. The lowest BCUT2D eigenvalue weighted by Gasteiger charge is -2.16. The van der Waals surface area contributed by atoms with E-state index in [1.54, 1.807) is 31.0 Å². The van der Waals surface area contributed by atoms with Crippen molar-refractivity contribution in [2.75, 3.05) is 23.3 Å². The summed E-state index contributed by atoms with van der Waals surface area (Å²) in [5, 5.41) is 3.19. The number of aryl methyl sites for hydroxylation is 1. The van der Waals surface area contributed by atoms with E-state index in [4.69, 9.17) is 0 Å². The first-order valence-electron chi connectivity index (χ1n) is 8.18. The summed E-state index contributed by atoms with van der Waals surface area (Å²) >= 11 is 0. The third kappa shape index (κ3) is 3.52. The van der Waals surface area contributed by atoms with Gasteiger partial charge in [-0.25, -0.2) is 24.9 Å². The highest BCUT2D eigenvalue weighted by atomic mass is 15.3. The van der Waals surface area contributed by atoms with Crippen LogP contribution in [0.4, 0.5) is 17.6 Å². The molecule has 1 aliphatic rings. The molecule has 3 aromatic heterocycles. The van der Waals surface area contributed by atoms with Gasteiger partial charge in [0.15, 0.2) is 0 Å². The van der Waals surface area contributed by atoms with Crippen molar-refractivity contribution in [2.24, 2.45) is 0 Å². The minimum absolute atomic E-state index is 0.256. The summed E-state index contributed by atoms with van der Waals surface area (Å²) < 4.78 is 0. The fourth-order valence-electron chi connectivity index (χ4n) is 2.94. The van der Waals surface area contributed by atoms with Crippen molar-refractivity contribution in [3.8, 4) is 0 Å². The van der Waals surface area contributed by atoms with Crippen molar-refractivity contribution in [3.63, 3.8) is 0 Å². The van der Waals surface area contributed by atoms with Gasteiger partial charge >= 0.3 is 0 Å². The molecule has 1 unspecified atom stereocenters. The second kappa shape index (κ2) is 6.76. The van der Waals surface area contributed by atoms with Crippen LogP contribution in [0.15, 0.2) is 43.1 Å². The second-order valence-electron chi connectivity index (χ2n) is 5.95. The molecule has 8 nitrogen and oxygen atoms in total. The van der Waals surface area contributed by atoms with Crippen molar-refractivity contribution in [1.29, 1.82) is 0 Å². The molecule has 25 heavy (non-hydrogen) atoms. The summed E-state index contributed by atoms with van der Waals surface area (Å²) in [7, 11) is 0. The molecule has 0 aliphatic carbocycles. The summed E-state index contributed by atoms with van der Waals surface area (Å²) in [6, 6.07) is 3.73. The van der Waals surface area contributed by atoms with Gasteiger partial charge in [-0.2, -0.15) is 0 Å². The first kappa shape index (κ1) is 15.4. The SMILES string of the molecule is Cc1cc(Nc2cnccn2)nc(C2CCN(c3ncccn3)C2)n1. The van der Waals surface area contributed by atoms with E-state index in [2.05, 4.69) is 40.1 Å². The molecular weight excluding hydrogens is 316 g/mol. The number of rotatable bonds is 4. The van der Waals surface area contributed by atoms with Gasteiger partial charge in [-0.15, -0.1) is 0 Å². The van der Waals surface area contributed by atoms with E-state index in [1.165, 1.54) is 0 Å². The molecule has 8 heteroatoms. The van der Waals surface area contributed by atoms with Crippen LogP contribution in [0.5, 0.6) is 0 Å². The fourth-order valence-corrected chi connectivity index (χ4v) is 2.94. The van der Waals surface area contributed by atoms with Crippen LogP contribution in [0.1, 0.15) is 23.9 Å². The Labute approximate surface area is 145 Å². The molecule has 126 valence electrons. The first-order chi connectivity index (χ1) is 12.3. The summed E-state index contributed by atoms with van der Waals surface area (Å²) in [6.45, 7) is 3.69. The Morgan fingerprint density at radius 3 is 2.72 bits per heavy atom. The lowest BCUT2D eigenvalue weighted by molar-refractivity contribution is 0.704. The van der Waals surface area contributed by atoms with E-state index < -0.39 is 0 Å². The Morgan fingerprint density at radius 2 is 1.92 bits per heavy atom.